The van der Waals surface area contributed by atoms with Crippen molar-refractivity contribution in [1.29, 1.82) is 0 Å². The predicted octanol–water partition coefficient (Wildman–Crippen LogP) is 4.03. The third-order valence-electron chi connectivity index (χ3n) is 4.49. The zero-order chi connectivity index (χ0) is 20.4. The van der Waals surface area contributed by atoms with Gasteiger partial charge in [0.05, 0.1) is 12.8 Å². The van der Waals surface area contributed by atoms with Crippen LogP contribution in [0.4, 0.5) is 4.79 Å². The first kappa shape index (κ1) is 21.5. The van der Waals surface area contributed by atoms with Gasteiger partial charge in [-0.1, -0.05) is 43.7 Å². The largest absolute Gasteiger partial charge is 0.467 e. The lowest BCUT2D eigenvalue weighted by molar-refractivity contribution is -0.133. The Morgan fingerprint density at radius 1 is 1.07 bits per heavy atom. The van der Waals surface area contributed by atoms with E-state index in [-0.39, 0.29) is 24.5 Å². The first-order chi connectivity index (χ1) is 13.5. The Hall–Kier alpha value is -2.76. The summed E-state index contributed by atoms with van der Waals surface area (Å²) in [6.45, 7) is 7.39. The van der Waals surface area contributed by atoms with Crippen molar-refractivity contribution in [3.63, 3.8) is 0 Å². The van der Waals surface area contributed by atoms with Crippen LogP contribution < -0.4 is 5.32 Å². The number of nitrogens with zero attached hydrogens (tertiary/aromatic N) is 2. The highest BCUT2D eigenvalue weighted by molar-refractivity contribution is 5.84. The molecule has 0 fully saturated rings. The van der Waals surface area contributed by atoms with E-state index in [0.717, 1.165) is 18.4 Å². The van der Waals surface area contributed by atoms with E-state index in [9.17, 15) is 9.59 Å². The maximum absolute atomic E-state index is 13.1. The zero-order valence-corrected chi connectivity index (χ0v) is 17.1. The van der Waals surface area contributed by atoms with Crippen molar-refractivity contribution < 1.29 is 14.0 Å². The molecule has 152 valence electrons. The van der Waals surface area contributed by atoms with E-state index in [1.54, 1.807) is 16.1 Å². The van der Waals surface area contributed by atoms with Gasteiger partial charge in [-0.05, 0) is 38.0 Å². The van der Waals surface area contributed by atoms with Crippen LogP contribution in [-0.4, -0.2) is 40.9 Å². The van der Waals surface area contributed by atoms with Gasteiger partial charge in [-0.2, -0.15) is 0 Å². The molecule has 0 aliphatic carbocycles. The second-order valence-electron chi connectivity index (χ2n) is 7.12. The summed E-state index contributed by atoms with van der Waals surface area (Å²) in [7, 11) is 0. The number of benzene rings is 1. The summed E-state index contributed by atoms with van der Waals surface area (Å²) in [6, 6.07) is 13.2. The number of unbranched alkanes of at least 4 members (excludes halogenated alkanes) is 1. The summed E-state index contributed by atoms with van der Waals surface area (Å²) in [5, 5.41) is 2.90. The molecule has 1 N–H and O–H groups in total. The molecule has 0 saturated carbocycles. The summed E-state index contributed by atoms with van der Waals surface area (Å²) < 4.78 is 5.43. The fourth-order valence-electron chi connectivity index (χ4n) is 2.83. The Bertz CT molecular complexity index is 714. The highest BCUT2D eigenvalue weighted by Gasteiger charge is 2.24. The van der Waals surface area contributed by atoms with E-state index in [4.69, 9.17) is 4.42 Å². The molecule has 0 aliphatic heterocycles. The fraction of sp³-hybridized carbons (Fsp3) is 0.455. The molecular formula is C22H31N3O3. The first-order valence-corrected chi connectivity index (χ1v) is 9.89. The van der Waals surface area contributed by atoms with Gasteiger partial charge in [-0.3, -0.25) is 4.79 Å². The molecule has 1 aromatic carbocycles. The Labute approximate surface area is 167 Å². The average molecular weight is 386 g/mol. The van der Waals surface area contributed by atoms with E-state index in [1.165, 1.54) is 0 Å². The number of rotatable bonds is 10. The van der Waals surface area contributed by atoms with Crippen molar-refractivity contribution in [3.8, 4) is 0 Å². The third kappa shape index (κ3) is 6.76. The van der Waals surface area contributed by atoms with Crippen molar-refractivity contribution >= 4 is 11.9 Å². The van der Waals surface area contributed by atoms with Gasteiger partial charge in [-0.15, -0.1) is 0 Å². The van der Waals surface area contributed by atoms with Crippen LogP contribution in [0.2, 0.25) is 0 Å². The lowest BCUT2D eigenvalue weighted by atomic mass is 10.2. The standard InChI is InChI=1S/C22H31N3O3/c1-4-5-13-23-22(27)25(18(2)3)17-21(26)24(16-20-12-9-14-28-20)15-19-10-7-6-8-11-19/h6-12,14,18H,4-5,13,15-17H2,1-3H3,(H,23,27). The van der Waals surface area contributed by atoms with E-state index >= 15 is 0 Å². The van der Waals surface area contributed by atoms with E-state index in [0.29, 0.717) is 25.4 Å². The van der Waals surface area contributed by atoms with Crippen molar-refractivity contribution in [2.24, 2.45) is 0 Å². The first-order valence-electron chi connectivity index (χ1n) is 9.89. The maximum atomic E-state index is 13.1. The summed E-state index contributed by atoms with van der Waals surface area (Å²) in [5.74, 6) is 0.604. The van der Waals surface area contributed by atoms with Gasteiger partial charge in [0.2, 0.25) is 5.91 Å². The minimum atomic E-state index is -0.200. The van der Waals surface area contributed by atoms with Crippen LogP contribution in [0.3, 0.4) is 0 Å². The number of carbonyl (C=O) groups excluding carboxylic acids is 2. The van der Waals surface area contributed by atoms with Gasteiger partial charge in [-0.25, -0.2) is 4.79 Å². The molecule has 0 unspecified atom stereocenters. The molecule has 0 saturated heterocycles. The van der Waals surface area contributed by atoms with Crippen LogP contribution in [0.5, 0.6) is 0 Å². The summed E-state index contributed by atoms with van der Waals surface area (Å²) in [4.78, 5) is 28.9. The molecule has 0 bridgehead atoms. The highest BCUT2D eigenvalue weighted by atomic mass is 16.3. The van der Waals surface area contributed by atoms with Crippen LogP contribution in [0.25, 0.3) is 0 Å². The highest BCUT2D eigenvalue weighted by Crippen LogP contribution is 2.12. The molecule has 2 rings (SSSR count). The Kier molecular flexibility index (Phi) is 8.59. The van der Waals surface area contributed by atoms with Crippen LogP contribution in [-0.2, 0) is 17.9 Å². The SMILES string of the molecule is CCCCNC(=O)N(CC(=O)N(Cc1ccccc1)Cc1ccco1)C(C)C. The number of urea groups is 1. The van der Waals surface area contributed by atoms with Crippen LogP contribution >= 0.6 is 0 Å². The molecule has 28 heavy (non-hydrogen) atoms. The zero-order valence-electron chi connectivity index (χ0n) is 17.1. The second kappa shape index (κ2) is 11.2. The molecule has 6 nitrogen and oxygen atoms in total. The molecule has 3 amide bonds. The van der Waals surface area contributed by atoms with Crippen LogP contribution in [0, 0.1) is 0 Å². The number of amides is 3. The van der Waals surface area contributed by atoms with Crippen molar-refractivity contribution in [1.82, 2.24) is 15.1 Å². The van der Waals surface area contributed by atoms with Crippen molar-refractivity contribution in [2.45, 2.75) is 52.7 Å². The number of hydrogen-bond donors (Lipinski definition) is 1. The van der Waals surface area contributed by atoms with Gasteiger partial charge in [0.15, 0.2) is 0 Å². The fourth-order valence-corrected chi connectivity index (χ4v) is 2.83. The van der Waals surface area contributed by atoms with Gasteiger partial charge < -0.3 is 19.5 Å². The van der Waals surface area contributed by atoms with Crippen LogP contribution in [0.15, 0.2) is 53.1 Å². The van der Waals surface area contributed by atoms with Crippen molar-refractivity contribution in [3.05, 3.63) is 60.1 Å². The quantitative estimate of drug-likeness (QED) is 0.628. The predicted molar refractivity (Wildman–Crippen MR) is 110 cm³/mol. The molecule has 0 aliphatic rings. The average Bonchev–Trinajstić information content (AvgIpc) is 3.19. The van der Waals surface area contributed by atoms with E-state index in [2.05, 4.69) is 12.2 Å². The van der Waals surface area contributed by atoms with E-state index in [1.807, 2.05) is 56.3 Å². The number of nitrogens with one attached hydrogen (secondary N) is 1. The van der Waals surface area contributed by atoms with Gasteiger partial charge in [0.1, 0.15) is 12.3 Å². The molecule has 1 aromatic heterocycles. The molecule has 0 spiro atoms. The van der Waals surface area contributed by atoms with Crippen LogP contribution in [0.1, 0.15) is 44.9 Å². The summed E-state index contributed by atoms with van der Waals surface area (Å²) in [6.07, 6.45) is 3.53. The number of furan rings is 1. The lowest BCUT2D eigenvalue weighted by Gasteiger charge is -2.30. The van der Waals surface area contributed by atoms with Gasteiger partial charge >= 0.3 is 6.03 Å². The number of carbonyl (C=O) groups is 2. The van der Waals surface area contributed by atoms with Gasteiger partial charge in [0.25, 0.3) is 0 Å². The number of hydrogen-bond acceptors (Lipinski definition) is 3. The minimum absolute atomic E-state index is 0.0309. The van der Waals surface area contributed by atoms with Gasteiger partial charge in [0, 0.05) is 19.1 Å². The molecule has 2 aromatic rings. The Morgan fingerprint density at radius 2 is 1.82 bits per heavy atom. The second-order valence-corrected chi connectivity index (χ2v) is 7.12. The Morgan fingerprint density at radius 3 is 2.43 bits per heavy atom. The third-order valence-corrected chi connectivity index (χ3v) is 4.49. The topological polar surface area (TPSA) is 65.8 Å². The lowest BCUT2D eigenvalue weighted by Crippen LogP contribution is -2.49. The monoisotopic (exact) mass is 385 g/mol. The molecule has 0 atom stereocenters. The van der Waals surface area contributed by atoms with Crippen molar-refractivity contribution in [2.75, 3.05) is 13.1 Å². The minimum Gasteiger partial charge on any atom is -0.467 e. The molecular weight excluding hydrogens is 354 g/mol. The Balaban J connectivity index is 2.09. The summed E-state index contributed by atoms with van der Waals surface area (Å²) in [5.41, 5.74) is 1.03. The molecule has 6 heteroatoms. The maximum Gasteiger partial charge on any atom is 0.318 e. The smallest absolute Gasteiger partial charge is 0.318 e. The molecule has 1 heterocycles. The molecule has 0 radical (unpaired) electrons. The van der Waals surface area contributed by atoms with E-state index < -0.39 is 0 Å². The normalized spacial score (nSPS) is 10.7. The summed E-state index contributed by atoms with van der Waals surface area (Å²) >= 11 is 0.